The van der Waals surface area contributed by atoms with E-state index in [2.05, 4.69) is 5.32 Å². The van der Waals surface area contributed by atoms with Crippen molar-refractivity contribution in [3.05, 3.63) is 100 Å². The van der Waals surface area contributed by atoms with Crippen molar-refractivity contribution in [3.63, 3.8) is 0 Å². The molecule has 0 aromatic heterocycles. The molecular formula is C25H21FN2O2. The van der Waals surface area contributed by atoms with Crippen LogP contribution in [0, 0.1) is 26.6 Å². The van der Waals surface area contributed by atoms with Crippen molar-refractivity contribution in [2.45, 2.75) is 20.8 Å². The first kappa shape index (κ1) is 19.6. The third-order valence-electron chi connectivity index (χ3n) is 5.21. The van der Waals surface area contributed by atoms with Gasteiger partial charge in [0.15, 0.2) is 0 Å². The van der Waals surface area contributed by atoms with E-state index in [1.165, 1.54) is 18.2 Å². The number of halogens is 1. The van der Waals surface area contributed by atoms with Gasteiger partial charge >= 0.3 is 0 Å². The minimum absolute atomic E-state index is 0.186. The quantitative estimate of drug-likeness (QED) is 0.617. The molecule has 4 rings (SSSR count). The number of hydrogen-bond acceptors (Lipinski definition) is 3. The molecule has 0 atom stereocenters. The molecule has 0 aliphatic carbocycles. The molecule has 0 bridgehead atoms. The highest BCUT2D eigenvalue weighted by Crippen LogP contribution is 2.35. The fourth-order valence-electron chi connectivity index (χ4n) is 3.69. The van der Waals surface area contributed by atoms with Crippen LogP contribution in [-0.4, -0.2) is 11.8 Å². The Labute approximate surface area is 174 Å². The van der Waals surface area contributed by atoms with E-state index in [0.717, 1.165) is 27.3 Å². The highest BCUT2D eigenvalue weighted by molar-refractivity contribution is 6.46. The minimum Gasteiger partial charge on any atom is -0.350 e. The molecule has 2 amide bonds. The summed E-state index contributed by atoms with van der Waals surface area (Å²) in [6.07, 6.45) is 0. The lowest BCUT2D eigenvalue weighted by atomic mass is 9.97. The number of nitrogens with zero attached hydrogens (tertiary/aromatic N) is 1. The smallest absolute Gasteiger partial charge is 0.282 e. The van der Waals surface area contributed by atoms with Gasteiger partial charge in [-0.1, -0.05) is 48.0 Å². The third kappa shape index (κ3) is 3.39. The largest absolute Gasteiger partial charge is 0.350 e. The molecule has 1 heterocycles. The Morgan fingerprint density at radius 2 is 1.57 bits per heavy atom. The van der Waals surface area contributed by atoms with Crippen LogP contribution in [0.5, 0.6) is 0 Å². The standard InChI is InChI=1S/C25H21FN2O2/c1-15-11-12-20(17(3)13-15)22-23(27-21-10-5-4-7-16(21)2)25(30)28(24(22)29)19-9-6-8-18(26)14-19/h4-14,27H,1-3H3. The summed E-state index contributed by atoms with van der Waals surface area (Å²) in [6, 6.07) is 18.8. The zero-order chi connectivity index (χ0) is 21.4. The van der Waals surface area contributed by atoms with Crippen LogP contribution in [0.25, 0.3) is 5.57 Å². The molecule has 0 radical (unpaired) electrons. The average molecular weight is 400 g/mol. The summed E-state index contributed by atoms with van der Waals surface area (Å²) in [5, 5.41) is 3.17. The number of amides is 2. The number of nitrogens with one attached hydrogen (secondary N) is 1. The van der Waals surface area contributed by atoms with Crippen LogP contribution in [-0.2, 0) is 9.59 Å². The number of benzene rings is 3. The van der Waals surface area contributed by atoms with Gasteiger partial charge in [0, 0.05) is 5.69 Å². The summed E-state index contributed by atoms with van der Waals surface area (Å²) < 4.78 is 13.8. The number of hydrogen-bond donors (Lipinski definition) is 1. The SMILES string of the molecule is Cc1ccc(C2=C(Nc3ccccc3C)C(=O)N(c3cccc(F)c3)C2=O)c(C)c1. The monoisotopic (exact) mass is 400 g/mol. The maximum Gasteiger partial charge on any atom is 0.282 e. The van der Waals surface area contributed by atoms with Crippen LogP contribution in [0.1, 0.15) is 22.3 Å². The van der Waals surface area contributed by atoms with E-state index in [9.17, 15) is 14.0 Å². The summed E-state index contributed by atoms with van der Waals surface area (Å²) in [4.78, 5) is 27.8. The summed E-state index contributed by atoms with van der Waals surface area (Å²) in [7, 11) is 0. The predicted octanol–water partition coefficient (Wildman–Crippen LogP) is 5.15. The molecule has 3 aromatic rings. The zero-order valence-electron chi connectivity index (χ0n) is 17.0. The number of carbonyl (C=O) groups excluding carboxylic acids is 2. The zero-order valence-corrected chi connectivity index (χ0v) is 17.0. The van der Waals surface area contributed by atoms with E-state index < -0.39 is 17.6 Å². The van der Waals surface area contributed by atoms with Crippen LogP contribution < -0.4 is 10.2 Å². The molecule has 150 valence electrons. The molecule has 1 aliphatic rings. The lowest BCUT2D eigenvalue weighted by Gasteiger charge is -2.16. The molecule has 4 nitrogen and oxygen atoms in total. The van der Waals surface area contributed by atoms with Crippen molar-refractivity contribution in [1.82, 2.24) is 0 Å². The molecule has 1 N–H and O–H groups in total. The fraction of sp³-hybridized carbons (Fsp3) is 0.120. The van der Waals surface area contributed by atoms with E-state index >= 15 is 0 Å². The van der Waals surface area contributed by atoms with Crippen molar-refractivity contribution < 1.29 is 14.0 Å². The van der Waals surface area contributed by atoms with Crippen LogP contribution in [0.2, 0.25) is 0 Å². The Kier molecular flexibility index (Phi) is 4.96. The lowest BCUT2D eigenvalue weighted by Crippen LogP contribution is -2.32. The van der Waals surface area contributed by atoms with Crippen molar-refractivity contribution >= 4 is 28.8 Å². The van der Waals surface area contributed by atoms with Gasteiger partial charge < -0.3 is 5.32 Å². The summed E-state index contributed by atoms with van der Waals surface area (Å²) in [5.74, 6) is -1.50. The molecule has 5 heteroatoms. The molecular weight excluding hydrogens is 379 g/mol. The van der Waals surface area contributed by atoms with Crippen LogP contribution in [0.3, 0.4) is 0 Å². The first-order chi connectivity index (χ1) is 14.4. The van der Waals surface area contributed by atoms with E-state index in [0.29, 0.717) is 5.56 Å². The minimum atomic E-state index is -0.513. The van der Waals surface area contributed by atoms with Crippen molar-refractivity contribution in [3.8, 4) is 0 Å². The van der Waals surface area contributed by atoms with Gasteiger partial charge in [0.05, 0.1) is 11.3 Å². The Bertz CT molecular complexity index is 1210. The fourth-order valence-corrected chi connectivity index (χ4v) is 3.69. The van der Waals surface area contributed by atoms with Gasteiger partial charge in [0.1, 0.15) is 11.5 Å². The number of aryl methyl sites for hydroxylation is 3. The number of para-hydroxylation sites is 1. The second-order valence-electron chi connectivity index (χ2n) is 7.43. The molecule has 30 heavy (non-hydrogen) atoms. The van der Waals surface area contributed by atoms with Gasteiger partial charge in [-0.05, 0) is 61.7 Å². The second kappa shape index (κ2) is 7.59. The number of rotatable bonds is 4. The third-order valence-corrected chi connectivity index (χ3v) is 5.21. The lowest BCUT2D eigenvalue weighted by molar-refractivity contribution is -0.120. The van der Waals surface area contributed by atoms with Gasteiger partial charge in [-0.3, -0.25) is 9.59 Å². The Hall–Kier alpha value is -3.73. The molecule has 0 saturated carbocycles. The maximum absolute atomic E-state index is 13.8. The van der Waals surface area contributed by atoms with Gasteiger partial charge in [-0.25, -0.2) is 9.29 Å². The first-order valence-electron chi connectivity index (χ1n) is 9.65. The van der Waals surface area contributed by atoms with Gasteiger partial charge in [0.25, 0.3) is 11.8 Å². The number of imide groups is 1. The average Bonchev–Trinajstić information content (AvgIpc) is 2.94. The summed E-state index contributed by atoms with van der Waals surface area (Å²) >= 11 is 0. The van der Waals surface area contributed by atoms with E-state index in [1.807, 2.05) is 63.2 Å². The molecule has 0 spiro atoms. The van der Waals surface area contributed by atoms with Crippen molar-refractivity contribution in [2.24, 2.45) is 0 Å². The maximum atomic E-state index is 13.8. The Morgan fingerprint density at radius 3 is 2.27 bits per heavy atom. The van der Waals surface area contributed by atoms with Gasteiger partial charge in [-0.15, -0.1) is 0 Å². The molecule has 3 aromatic carbocycles. The molecule has 0 unspecified atom stereocenters. The van der Waals surface area contributed by atoms with E-state index in [-0.39, 0.29) is 17.0 Å². The summed E-state index contributed by atoms with van der Waals surface area (Å²) in [6.45, 7) is 5.80. The van der Waals surface area contributed by atoms with Crippen LogP contribution >= 0.6 is 0 Å². The van der Waals surface area contributed by atoms with Crippen molar-refractivity contribution in [2.75, 3.05) is 10.2 Å². The first-order valence-corrected chi connectivity index (χ1v) is 9.65. The van der Waals surface area contributed by atoms with Gasteiger partial charge in [0.2, 0.25) is 0 Å². The van der Waals surface area contributed by atoms with Gasteiger partial charge in [-0.2, -0.15) is 0 Å². The van der Waals surface area contributed by atoms with Crippen molar-refractivity contribution in [1.29, 1.82) is 0 Å². The normalized spacial score (nSPS) is 13.9. The highest BCUT2D eigenvalue weighted by Gasteiger charge is 2.41. The van der Waals surface area contributed by atoms with E-state index in [4.69, 9.17) is 0 Å². The summed E-state index contributed by atoms with van der Waals surface area (Å²) in [5.41, 5.74) is 4.96. The predicted molar refractivity (Wildman–Crippen MR) is 117 cm³/mol. The Balaban J connectivity index is 1.89. The molecule has 0 fully saturated rings. The van der Waals surface area contributed by atoms with E-state index in [1.54, 1.807) is 6.07 Å². The topological polar surface area (TPSA) is 49.4 Å². The van der Waals surface area contributed by atoms with Crippen LogP contribution in [0.15, 0.2) is 72.4 Å². The second-order valence-corrected chi connectivity index (χ2v) is 7.43. The number of anilines is 2. The Morgan fingerprint density at radius 1 is 0.800 bits per heavy atom. The van der Waals surface area contributed by atoms with Crippen LogP contribution in [0.4, 0.5) is 15.8 Å². The highest BCUT2D eigenvalue weighted by atomic mass is 19.1. The molecule has 0 saturated heterocycles. The molecule has 1 aliphatic heterocycles. The number of carbonyl (C=O) groups is 2.